The molecule has 19 nitrogen and oxygen atoms in total. The number of primary amides is 1. The molecular formula is C31H49N9O10S2. The number of nitrogens with one attached hydrogen (secondary N) is 6. The Bertz CT molecular complexity index is 1370. The van der Waals surface area contributed by atoms with Crippen LogP contribution in [0.15, 0.2) is 0 Å². The van der Waals surface area contributed by atoms with Crippen molar-refractivity contribution in [2.24, 2.45) is 17.4 Å². The first-order valence-corrected chi connectivity index (χ1v) is 19.7. The SMILES string of the molecule is C[C@@H]1NC(=O)[C@@H]2CCCN2C(=O)CNC(=O)[C@H](CC2CCCCC2)NC(=O)CNC(=O)[C@@H](CC(=O)O)NC(=O)[C@H](N)CSSC[C@H](C(N)=O)NC1=O. The van der Waals surface area contributed by atoms with E-state index in [0.29, 0.717) is 12.8 Å². The van der Waals surface area contributed by atoms with Gasteiger partial charge in [-0.25, -0.2) is 0 Å². The third-order valence-corrected chi connectivity index (χ3v) is 11.4. The first-order valence-electron chi connectivity index (χ1n) is 17.2. The fourth-order valence-corrected chi connectivity index (χ4v) is 8.39. The predicted octanol–water partition coefficient (Wildman–Crippen LogP) is -3.18. The van der Waals surface area contributed by atoms with E-state index in [2.05, 4.69) is 31.9 Å². The van der Waals surface area contributed by atoms with Crippen LogP contribution in [0.4, 0.5) is 0 Å². The van der Waals surface area contributed by atoms with Crippen molar-refractivity contribution >= 4 is 74.8 Å². The van der Waals surface area contributed by atoms with E-state index in [4.69, 9.17) is 11.5 Å². The number of aliphatic carboxylic acids is 1. The van der Waals surface area contributed by atoms with Crippen LogP contribution in [0.2, 0.25) is 0 Å². The lowest BCUT2D eigenvalue weighted by molar-refractivity contribution is -0.141. The summed E-state index contributed by atoms with van der Waals surface area (Å²) in [5.41, 5.74) is 11.4. The molecule has 11 N–H and O–H groups in total. The number of rotatable bonds is 5. The minimum Gasteiger partial charge on any atom is -0.481 e. The third-order valence-electron chi connectivity index (χ3n) is 8.98. The molecule has 1 saturated carbocycles. The normalized spacial score (nSPS) is 29.0. The molecule has 3 aliphatic rings. The summed E-state index contributed by atoms with van der Waals surface area (Å²) in [5.74, 6) is -7.31. The Kier molecular flexibility index (Phi) is 16.9. The first-order chi connectivity index (χ1) is 24.7. The van der Waals surface area contributed by atoms with E-state index in [1.807, 2.05) is 0 Å². The van der Waals surface area contributed by atoms with Gasteiger partial charge in [-0.2, -0.15) is 0 Å². The third kappa shape index (κ3) is 13.5. The highest BCUT2D eigenvalue weighted by Crippen LogP contribution is 2.27. The van der Waals surface area contributed by atoms with Gasteiger partial charge in [0, 0.05) is 18.1 Å². The quantitative estimate of drug-likeness (QED) is 0.125. The molecule has 2 saturated heterocycles. The topological polar surface area (TPSA) is 301 Å². The van der Waals surface area contributed by atoms with Crippen LogP contribution in [-0.2, 0) is 43.2 Å². The molecule has 0 bridgehead atoms. The highest BCUT2D eigenvalue weighted by molar-refractivity contribution is 8.76. The zero-order valence-corrected chi connectivity index (χ0v) is 30.6. The molecule has 6 atom stereocenters. The van der Waals surface area contributed by atoms with Crippen LogP contribution in [-0.4, -0.2) is 131 Å². The maximum Gasteiger partial charge on any atom is 0.305 e. The van der Waals surface area contributed by atoms with Crippen LogP contribution < -0.4 is 43.4 Å². The molecule has 0 aromatic carbocycles. The van der Waals surface area contributed by atoms with E-state index in [1.54, 1.807) is 0 Å². The van der Waals surface area contributed by atoms with Crippen LogP contribution in [0.25, 0.3) is 0 Å². The molecule has 0 aromatic heterocycles. The Morgan fingerprint density at radius 1 is 0.769 bits per heavy atom. The van der Waals surface area contributed by atoms with Crippen LogP contribution in [0, 0.1) is 5.92 Å². The molecule has 2 heterocycles. The van der Waals surface area contributed by atoms with Crippen LogP contribution in [0.3, 0.4) is 0 Å². The zero-order valence-electron chi connectivity index (χ0n) is 29.0. The molecule has 0 radical (unpaired) electrons. The molecular weight excluding hydrogens is 723 g/mol. The number of carbonyl (C=O) groups excluding carboxylic acids is 8. The summed E-state index contributed by atoms with van der Waals surface area (Å²) in [6.45, 7) is 0.527. The second-order valence-electron chi connectivity index (χ2n) is 13.1. The Morgan fingerprint density at radius 2 is 1.42 bits per heavy atom. The highest BCUT2D eigenvalue weighted by Gasteiger charge is 2.36. The lowest BCUT2D eigenvalue weighted by atomic mass is 9.84. The maximum absolute atomic E-state index is 13.4. The van der Waals surface area contributed by atoms with Gasteiger partial charge in [0.2, 0.25) is 47.3 Å². The number of nitrogens with zero attached hydrogens (tertiary/aromatic N) is 1. The lowest BCUT2D eigenvalue weighted by Gasteiger charge is -2.28. The largest absolute Gasteiger partial charge is 0.481 e. The number of hydrogen-bond donors (Lipinski definition) is 9. The van der Waals surface area contributed by atoms with Crippen LogP contribution in [0.1, 0.15) is 64.7 Å². The average Bonchev–Trinajstić information content (AvgIpc) is 3.60. The van der Waals surface area contributed by atoms with Gasteiger partial charge in [-0.3, -0.25) is 43.2 Å². The van der Waals surface area contributed by atoms with Crippen molar-refractivity contribution in [3.8, 4) is 0 Å². The van der Waals surface area contributed by atoms with Gasteiger partial charge in [-0.1, -0.05) is 53.7 Å². The van der Waals surface area contributed by atoms with Gasteiger partial charge in [-0.15, -0.1) is 0 Å². The molecule has 290 valence electrons. The van der Waals surface area contributed by atoms with E-state index >= 15 is 0 Å². The van der Waals surface area contributed by atoms with Gasteiger partial charge in [0.15, 0.2) is 0 Å². The molecule has 52 heavy (non-hydrogen) atoms. The average molecular weight is 772 g/mol. The van der Waals surface area contributed by atoms with Crippen molar-refractivity contribution in [1.29, 1.82) is 0 Å². The predicted molar refractivity (Wildman–Crippen MR) is 190 cm³/mol. The molecule has 8 amide bonds. The second kappa shape index (κ2) is 20.8. The monoisotopic (exact) mass is 771 g/mol. The summed E-state index contributed by atoms with van der Waals surface area (Å²) < 4.78 is 0. The number of carbonyl (C=O) groups is 9. The van der Waals surface area contributed by atoms with Crippen molar-refractivity contribution in [1.82, 2.24) is 36.8 Å². The molecule has 0 aromatic rings. The van der Waals surface area contributed by atoms with Crippen molar-refractivity contribution in [2.75, 3.05) is 31.1 Å². The summed E-state index contributed by atoms with van der Waals surface area (Å²) in [5, 5.41) is 24.1. The molecule has 3 fully saturated rings. The number of carboxylic acid groups (broad SMARTS) is 1. The molecule has 0 unspecified atom stereocenters. The van der Waals surface area contributed by atoms with Crippen LogP contribution in [0.5, 0.6) is 0 Å². The molecule has 1 aliphatic carbocycles. The number of carboxylic acids is 1. The fraction of sp³-hybridized carbons (Fsp3) is 0.710. The van der Waals surface area contributed by atoms with Gasteiger partial charge in [-0.05, 0) is 32.1 Å². The van der Waals surface area contributed by atoms with Gasteiger partial charge in [0.05, 0.1) is 25.6 Å². The van der Waals surface area contributed by atoms with Crippen molar-refractivity contribution in [2.45, 2.75) is 101 Å². The maximum atomic E-state index is 13.4. The minimum absolute atomic E-state index is 0.0367. The van der Waals surface area contributed by atoms with Crippen molar-refractivity contribution in [3.05, 3.63) is 0 Å². The Balaban J connectivity index is 1.81. The van der Waals surface area contributed by atoms with Crippen molar-refractivity contribution < 1.29 is 48.3 Å². The number of fused-ring (bicyclic) bond motifs is 1. The van der Waals surface area contributed by atoms with Gasteiger partial charge in [0.25, 0.3) is 0 Å². The van der Waals surface area contributed by atoms with Gasteiger partial charge >= 0.3 is 5.97 Å². The Labute approximate surface area is 308 Å². The van der Waals surface area contributed by atoms with E-state index < -0.39 is 109 Å². The van der Waals surface area contributed by atoms with E-state index in [1.165, 1.54) is 11.8 Å². The van der Waals surface area contributed by atoms with Gasteiger partial charge < -0.3 is 53.4 Å². The summed E-state index contributed by atoms with van der Waals surface area (Å²) in [6, 6.07) is -7.06. The summed E-state index contributed by atoms with van der Waals surface area (Å²) in [6.07, 6.45) is 4.94. The van der Waals surface area contributed by atoms with E-state index in [0.717, 1.165) is 53.7 Å². The summed E-state index contributed by atoms with van der Waals surface area (Å²) in [7, 11) is 2.11. The fourth-order valence-electron chi connectivity index (χ4n) is 6.09. The number of hydrogen-bond acceptors (Lipinski definition) is 12. The second-order valence-corrected chi connectivity index (χ2v) is 15.6. The first kappa shape index (κ1) is 42.3. The smallest absolute Gasteiger partial charge is 0.305 e. The zero-order chi connectivity index (χ0) is 38.4. The molecule has 2 aliphatic heterocycles. The summed E-state index contributed by atoms with van der Waals surface area (Å²) >= 11 is 0. The van der Waals surface area contributed by atoms with E-state index in [-0.39, 0.29) is 30.4 Å². The highest BCUT2D eigenvalue weighted by atomic mass is 33.1. The molecule has 3 rings (SSSR count). The number of nitrogens with two attached hydrogens (primary N) is 2. The van der Waals surface area contributed by atoms with E-state index in [9.17, 15) is 48.3 Å². The Hall–Kier alpha value is -4.11. The molecule has 21 heteroatoms. The van der Waals surface area contributed by atoms with Crippen LogP contribution >= 0.6 is 21.6 Å². The van der Waals surface area contributed by atoms with Crippen molar-refractivity contribution in [3.63, 3.8) is 0 Å². The standard InChI is InChI=1S/C31H49N9O10S2/c1-16-27(46)39-21(26(33)45)15-52-51-14-18(32)28(47)38-20(11-25(43)44)30(49)34-12-23(41)37-19(10-17-6-3-2-4-7-17)29(48)35-13-24(42)40-9-5-8-22(40)31(50)36-16/h16-22H,2-15,32H2,1H3,(H2,33,45)(H,34,49)(H,35,48)(H,36,50)(H,37,41)(H,38,47)(H,39,46)(H,43,44)/t16-,18+,19-,20+,21+,22-/m0/s1. The minimum atomic E-state index is -1.58. The van der Waals surface area contributed by atoms with Gasteiger partial charge in [0.1, 0.15) is 30.2 Å². The lowest BCUT2D eigenvalue weighted by Crippen LogP contribution is -2.56. The Morgan fingerprint density at radius 3 is 2.10 bits per heavy atom. The summed E-state index contributed by atoms with van der Waals surface area (Å²) in [4.78, 5) is 116. The molecule has 0 spiro atoms. The number of amides is 8.